The molecule has 1 aliphatic heterocycles. The fraction of sp³-hybridized carbons (Fsp3) is 0.300. The van der Waals surface area contributed by atoms with E-state index in [2.05, 4.69) is 15.9 Å². The van der Waals surface area contributed by atoms with Gasteiger partial charge in [0.2, 0.25) is 0 Å². The Bertz CT molecular complexity index is 406. The van der Waals surface area contributed by atoms with Crippen molar-refractivity contribution in [2.45, 2.75) is 0 Å². The van der Waals surface area contributed by atoms with E-state index in [0.717, 1.165) is 0 Å². The van der Waals surface area contributed by atoms with Crippen molar-refractivity contribution < 1.29 is 14.3 Å². The lowest BCUT2D eigenvalue weighted by Gasteiger charge is -2.19. The summed E-state index contributed by atoms with van der Waals surface area (Å²) in [4.78, 5) is 11.5. The molecule has 0 saturated heterocycles. The van der Waals surface area contributed by atoms with E-state index < -0.39 is 0 Å². The maximum absolute atomic E-state index is 11.5. The SMILES string of the molecule is O=C(CBr)c1cc2c(cc1Cl)OCCO2. The standard InChI is InChI=1S/C10H8BrClO3/c11-5-8(13)6-3-9-10(4-7(6)12)15-2-1-14-9/h3-4H,1-2,5H2. The molecule has 1 heterocycles. The maximum Gasteiger partial charge on any atom is 0.175 e. The van der Waals surface area contributed by atoms with E-state index >= 15 is 0 Å². The Morgan fingerprint density at radius 2 is 1.93 bits per heavy atom. The van der Waals surface area contributed by atoms with Crippen LogP contribution in [0, 0.1) is 0 Å². The number of carbonyl (C=O) groups excluding carboxylic acids is 1. The summed E-state index contributed by atoms with van der Waals surface area (Å²) in [5.41, 5.74) is 0.456. The molecule has 0 aromatic heterocycles. The van der Waals surface area contributed by atoms with Crippen LogP contribution < -0.4 is 9.47 Å². The number of rotatable bonds is 2. The Labute approximate surface area is 100 Å². The lowest BCUT2D eigenvalue weighted by molar-refractivity contribution is 0.102. The lowest BCUT2D eigenvalue weighted by atomic mass is 10.1. The minimum atomic E-state index is -0.0722. The molecule has 0 bridgehead atoms. The van der Waals surface area contributed by atoms with Gasteiger partial charge in [-0.05, 0) is 6.07 Å². The van der Waals surface area contributed by atoms with Crippen LogP contribution in [0.5, 0.6) is 11.5 Å². The van der Waals surface area contributed by atoms with Gasteiger partial charge in [0, 0.05) is 11.6 Å². The minimum Gasteiger partial charge on any atom is -0.486 e. The van der Waals surface area contributed by atoms with Gasteiger partial charge in [0.1, 0.15) is 13.2 Å². The van der Waals surface area contributed by atoms with Crippen LogP contribution in [0.4, 0.5) is 0 Å². The fourth-order valence-corrected chi connectivity index (χ4v) is 1.91. The van der Waals surface area contributed by atoms with Crippen LogP contribution in [-0.4, -0.2) is 24.3 Å². The van der Waals surface area contributed by atoms with Crippen molar-refractivity contribution in [1.29, 1.82) is 0 Å². The summed E-state index contributed by atoms with van der Waals surface area (Å²) in [7, 11) is 0. The first-order valence-corrected chi connectivity index (χ1v) is 5.90. The van der Waals surface area contributed by atoms with Crippen LogP contribution in [0.15, 0.2) is 12.1 Å². The molecule has 1 aliphatic rings. The molecule has 80 valence electrons. The highest BCUT2D eigenvalue weighted by atomic mass is 79.9. The monoisotopic (exact) mass is 290 g/mol. The third kappa shape index (κ3) is 2.11. The van der Waals surface area contributed by atoms with E-state index in [1.807, 2.05) is 0 Å². The van der Waals surface area contributed by atoms with Gasteiger partial charge in [0.25, 0.3) is 0 Å². The Morgan fingerprint density at radius 3 is 2.53 bits per heavy atom. The highest BCUT2D eigenvalue weighted by Gasteiger charge is 2.18. The van der Waals surface area contributed by atoms with Crippen LogP contribution >= 0.6 is 27.5 Å². The summed E-state index contributed by atoms with van der Waals surface area (Å²) < 4.78 is 10.7. The molecule has 0 atom stereocenters. The number of carbonyl (C=O) groups is 1. The normalized spacial score (nSPS) is 13.7. The molecule has 15 heavy (non-hydrogen) atoms. The Balaban J connectivity index is 2.44. The molecule has 0 aliphatic carbocycles. The average molecular weight is 292 g/mol. The maximum atomic E-state index is 11.5. The van der Waals surface area contributed by atoms with E-state index in [0.29, 0.717) is 35.3 Å². The number of ether oxygens (including phenoxy) is 2. The second kappa shape index (κ2) is 4.41. The lowest BCUT2D eigenvalue weighted by Crippen LogP contribution is -2.16. The molecule has 2 rings (SSSR count). The third-order valence-corrected chi connectivity index (χ3v) is 2.88. The molecule has 0 fully saturated rings. The predicted molar refractivity (Wildman–Crippen MR) is 60.6 cm³/mol. The van der Waals surface area contributed by atoms with Gasteiger partial charge in [0.15, 0.2) is 17.3 Å². The van der Waals surface area contributed by atoms with Crippen molar-refractivity contribution in [2.24, 2.45) is 0 Å². The third-order valence-electron chi connectivity index (χ3n) is 2.05. The van der Waals surface area contributed by atoms with Crippen molar-refractivity contribution in [3.05, 3.63) is 22.7 Å². The van der Waals surface area contributed by atoms with Crippen LogP contribution in [-0.2, 0) is 0 Å². The van der Waals surface area contributed by atoms with Crippen molar-refractivity contribution in [3.63, 3.8) is 0 Å². The number of fused-ring (bicyclic) bond motifs is 1. The first-order valence-electron chi connectivity index (χ1n) is 4.40. The van der Waals surface area contributed by atoms with Gasteiger partial charge in [0.05, 0.1) is 10.4 Å². The zero-order chi connectivity index (χ0) is 10.8. The van der Waals surface area contributed by atoms with Crippen LogP contribution in [0.1, 0.15) is 10.4 Å². The molecular formula is C10H8BrClO3. The van der Waals surface area contributed by atoms with Gasteiger partial charge < -0.3 is 9.47 Å². The quantitative estimate of drug-likeness (QED) is 0.621. The summed E-state index contributed by atoms with van der Waals surface area (Å²) >= 11 is 9.06. The molecule has 0 unspecified atom stereocenters. The van der Waals surface area contributed by atoms with E-state index in [-0.39, 0.29) is 11.1 Å². The number of Topliss-reactive ketones (excluding diaryl/α,β-unsaturated/α-hetero) is 1. The second-order valence-corrected chi connectivity index (χ2v) is 4.00. The number of hydrogen-bond acceptors (Lipinski definition) is 3. The van der Waals surface area contributed by atoms with E-state index in [1.54, 1.807) is 12.1 Å². The van der Waals surface area contributed by atoms with Gasteiger partial charge in [-0.2, -0.15) is 0 Å². The van der Waals surface area contributed by atoms with Crippen LogP contribution in [0.25, 0.3) is 0 Å². The van der Waals surface area contributed by atoms with Crippen molar-refractivity contribution in [3.8, 4) is 11.5 Å². The Kier molecular flexibility index (Phi) is 3.17. The molecule has 0 N–H and O–H groups in total. The minimum absolute atomic E-state index is 0.0722. The number of hydrogen-bond donors (Lipinski definition) is 0. The van der Waals surface area contributed by atoms with Gasteiger partial charge in [-0.25, -0.2) is 0 Å². The first-order chi connectivity index (χ1) is 7.22. The zero-order valence-corrected chi connectivity index (χ0v) is 10.1. The predicted octanol–water partition coefficient (Wildman–Crippen LogP) is 2.69. The second-order valence-electron chi connectivity index (χ2n) is 3.03. The van der Waals surface area contributed by atoms with Crippen LogP contribution in [0.3, 0.4) is 0 Å². The number of halogens is 2. The van der Waals surface area contributed by atoms with E-state index in [1.165, 1.54) is 0 Å². The van der Waals surface area contributed by atoms with E-state index in [9.17, 15) is 4.79 Å². The summed E-state index contributed by atoms with van der Waals surface area (Å²) in [6, 6.07) is 3.24. The van der Waals surface area contributed by atoms with Gasteiger partial charge >= 0.3 is 0 Å². The van der Waals surface area contributed by atoms with Gasteiger partial charge in [-0.1, -0.05) is 27.5 Å². The van der Waals surface area contributed by atoms with E-state index in [4.69, 9.17) is 21.1 Å². The molecule has 0 saturated carbocycles. The molecule has 1 aromatic carbocycles. The molecular weight excluding hydrogens is 283 g/mol. The summed E-state index contributed by atoms with van der Waals surface area (Å²) in [5.74, 6) is 1.10. The fourth-order valence-electron chi connectivity index (χ4n) is 1.35. The number of alkyl halides is 1. The largest absolute Gasteiger partial charge is 0.486 e. The first kappa shape index (κ1) is 10.8. The molecule has 0 radical (unpaired) electrons. The zero-order valence-electron chi connectivity index (χ0n) is 7.76. The van der Waals surface area contributed by atoms with Crippen molar-refractivity contribution >= 4 is 33.3 Å². The molecule has 3 nitrogen and oxygen atoms in total. The summed E-state index contributed by atoms with van der Waals surface area (Å²) in [5, 5.41) is 0.635. The molecule has 1 aromatic rings. The molecule has 5 heteroatoms. The van der Waals surface area contributed by atoms with Crippen molar-refractivity contribution in [1.82, 2.24) is 0 Å². The van der Waals surface area contributed by atoms with Gasteiger partial charge in [-0.15, -0.1) is 0 Å². The highest BCUT2D eigenvalue weighted by molar-refractivity contribution is 9.09. The Morgan fingerprint density at radius 1 is 1.33 bits per heavy atom. The smallest absolute Gasteiger partial charge is 0.175 e. The molecule has 0 amide bonds. The summed E-state index contributed by atoms with van der Waals surface area (Å²) in [6.07, 6.45) is 0. The average Bonchev–Trinajstić information content (AvgIpc) is 2.27. The Hall–Kier alpha value is -0.740. The number of benzene rings is 1. The summed E-state index contributed by atoms with van der Waals surface area (Å²) in [6.45, 7) is 1.01. The van der Waals surface area contributed by atoms with Crippen LogP contribution in [0.2, 0.25) is 5.02 Å². The highest BCUT2D eigenvalue weighted by Crippen LogP contribution is 2.35. The van der Waals surface area contributed by atoms with Crippen molar-refractivity contribution in [2.75, 3.05) is 18.5 Å². The van der Waals surface area contributed by atoms with Gasteiger partial charge in [-0.3, -0.25) is 4.79 Å². The topological polar surface area (TPSA) is 35.5 Å². The number of ketones is 1. The molecule has 0 spiro atoms.